The Kier molecular flexibility index (Phi) is 4.20. The largest absolute Gasteiger partial charge is 0.481 e. The Hall–Kier alpha value is -0.610. The van der Waals surface area contributed by atoms with Crippen molar-refractivity contribution in [2.45, 2.75) is 65.2 Å². The first-order valence-corrected chi connectivity index (χ1v) is 6.30. The molecule has 0 saturated carbocycles. The zero-order valence-corrected chi connectivity index (χ0v) is 11.5. The van der Waals surface area contributed by atoms with E-state index in [2.05, 4.69) is 12.2 Å². The molecule has 2 N–H and O–H groups in total. The van der Waals surface area contributed by atoms with Crippen molar-refractivity contribution >= 4 is 5.97 Å². The molecule has 0 aromatic carbocycles. The third-order valence-electron chi connectivity index (χ3n) is 4.19. The van der Waals surface area contributed by atoms with Gasteiger partial charge in [0.1, 0.15) is 0 Å². The third kappa shape index (κ3) is 3.19. The molecule has 1 fully saturated rings. The van der Waals surface area contributed by atoms with Gasteiger partial charge in [0, 0.05) is 12.1 Å². The molecule has 2 unspecified atom stereocenters. The molecular weight excluding hydrogens is 218 g/mol. The molecule has 0 aliphatic carbocycles. The average molecular weight is 243 g/mol. The maximum Gasteiger partial charge on any atom is 0.310 e. The van der Waals surface area contributed by atoms with E-state index in [0.29, 0.717) is 12.6 Å². The molecule has 0 radical (unpaired) electrons. The molecule has 4 nitrogen and oxygen atoms in total. The summed E-state index contributed by atoms with van der Waals surface area (Å²) >= 11 is 0. The van der Waals surface area contributed by atoms with Gasteiger partial charge in [-0.3, -0.25) is 4.79 Å². The van der Waals surface area contributed by atoms with E-state index in [-0.39, 0.29) is 6.10 Å². The number of carbonyl (C=O) groups is 1. The van der Waals surface area contributed by atoms with Gasteiger partial charge in [0.05, 0.1) is 17.6 Å². The van der Waals surface area contributed by atoms with Gasteiger partial charge in [-0.2, -0.15) is 0 Å². The van der Waals surface area contributed by atoms with E-state index in [0.717, 1.165) is 12.8 Å². The van der Waals surface area contributed by atoms with Crippen LogP contribution in [0.25, 0.3) is 0 Å². The van der Waals surface area contributed by atoms with E-state index in [4.69, 9.17) is 4.74 Å². The molecule has 0 aromatic rings. The Balaban J connectivity index is 2.52. The minimum Gasteiger partial charge on any atom is -0.481 e. The summed E-state index contributed by atoms with van der Waals surface area (Å²) in [5.74, 6) is -0.782. The van der Waals surface area contributed by atoms with Crippen LogP contribution in [0.4, 0.5) is 0 Å². The van der Waals surface area contributed by atoms with Crippen LogP contribution in [0.5, 0.6) is 0 Å². The number of hydrogen-bond donors (Lipinski definition) is 2. The lowest BCUT2D eigenvalue weighted by Gasteiger charge is -2.39. The molecule has 0 aromatic heterocycles. The second kappa shape index (κ2) is 4.94. The first kappa shape index (κ1) is 14.5. The number of hydrogen-bond acceptors (Lipinski definition) is 3. The lowest BCUT2D eigenvalue weighted by Crippen LogP contribution is -2.56. The van der Waals surface area contributed by atoms with Gasteiger partial charge in [-0.05, 0) is 47.5 Å². The Morgan fingerprint density at radius 2 is 1.94 bits per heavy atom. The fourth-order valence-electron chi connectivity index (χ4n) is 1.89. The van der Waals surface area contributed by atoms with Gasteiger partial charge in [-0.1, -0.05) is 0 Å². The van der Waals surface area contributed by atoms with Crippen molar-refractivity contribution in [1.82, 2.24) is 5.32 Å². The van der Waals surface area contributed by atoms with Crippen molar-refractivity contribution < 1.29 is 14.6 Å². The van der Waals surface area contributed by atoms with Gasteiger partial charge in [-0.15, -0.1) is 0 Å². The molecule has 100 valence electrons. The van der Waals surface area contributed by atoms with Crippen molar-refractivity contribution in [3.63, 3.8) is 0 Å². The predicted molar refractivity (Wildman–Crippen MR) is 67.1 cm³/mol. The Labute approximate surface area is 104 Å². The van der Waals surface area contributed by atoms with Crippen molar-refractivity contribution in [1.29, 1.82) is 0 Å². The first-order chi connectivity index (χ1) is 7.67. The molecule has 1 rings (SSSR count). The number of nitrogens with one attached hydrogen (secondary N) is 1. The molecule has 0 spiro atoms. The summed E-state index contributed by atoms with van der Waals surface area (Å²) in [5.41, 5.74) is -1.27. The SMILES string of the molecule is CC1CCC(CNC(C)(C)C(C)(C)C(=O)O)O1. The fraction of sp³-hybridized carbons (Fsp3) is 0.923. The monoisotopic (exact) mass is 243 g/mol. The molecule has 1 aliphatic heterocycles. The average Bonchev–Trinajstić information content (AvgIpc) is 2.61. The molecule has 4 heteroatoms. The number of carboxylic acids is 1. The Morgan fingerprint density at radius 1 is 1.35 bits per heavy atom. The highest BCUT2D eigenvalue weighted by Crippen LogP contribution is 2.31. The van der Waals surface area contributed by atoms with Crippen LogP contribution in [-0.2, 0) is 9.53 Å². The van der Waals surface area contributed by atoms with Crippen LogP contribution >= 0.6 is 0 Å². The molecule has 2 atom stereocenters. The van der Waals surface area contributed by atoms with Gasteiger partial charge in [0.2, 0.25) is 0 Å². The molecule has 1 heterocycles. The summed E-state index contributed by atoms with van der Waals surface area (Å²) in [4.78, 5) is 11.2. The van der Waals surface area contributed by atoms with E-state index >= 15 is 0 Å². The summed E-state index contributed by atoms with van der Waals surface area (Å²) in [6.07, 6.45) is 2.69. The highest BCUT2D eigenvalue weighted by atomic mass is 16.5. The summed E-state index contributed by atoms with van der Waals surface area (Å²) < 4.78 is 5.72. The molecule has 0 amide bonds. The van der Waals surface area contributed by atoms with E-state index in [1.165, 1.54) is 0 Å². The van der Waals surface area contributed by atoms with Gasteiger partial charge in [0.15, 0.2) is 0 Å². The van der Waals surface area contributed by atoms with Gasteiger partial charge in [-0.25, -0.2) is 0 Å². The van der Waals surface area contributed by atoms with E-state index in [1.54, 1.807) is 13.8 Å². The van der Waals surface area contributed by atoms with E-state index in [9.17, 15) is 9.90 Å². The predicted octanol–water partition coefficient (Wildman–Crippen LogP) is 2.03. The van der Waals surface area contributed by atoms with Crippen molar-refractivity contribution in [2.24, 2.45) is 5.41 Å². The topological polar surface area (TPSA) is 58.6 Å². The zero-order chi connectivity index (χ0) is 13.3. The smallest absolute Gasteiger partial charge is 0.310 e. The summed E-state index contributed by atoms with van der Waals surface area (Å²) in [6.45, 7) is 10.2. The van der Waals surface area contributed by atoms with Crippen LogP contribution < -0.4 is 5.32 Å². The summed E-state index contributed by atoms with van der Waals surface area (Å²) in [7, 11) is 0. The van der Waals surface area contributed by atoms with Gasteiger partial charge >= 0.3 is 5.97 Å². The maximum absolute atomic E-state index is 11.2. The quantitative estimate of drug-likeness (QED) is 0.775. The lowest BCUT2D eigenvalue weighted by atomic mass is 9.74. The molecule has 0 bridgehead atoms. The standard InChI is InChI=1S/C13H25NO3/c1-9-6-7-10(17-9)8-14-13(4,5)12(2,3)11(15)16/h9-10,14H,6-8H2,1-5H3,(H,15,16). The Bertz CT molecular complexity index is 286. The molecule has 1 saturated heterocycles. The van der Waals surface area contributed by atoms with Crippen molar-refractivity contribution in [2.75, 3.05) is 6.54 Å². The molecule has 1 aliphatic rings. The van der Waals surface area contributed by atoms with E-state index in [1.807, 2.05) is 13.8 Å². The molecule has 17 heavy (non-hydrogen) atoms. The highest BCUT2D eigenvalue weighted by molar-refractivity contribution is 5.75. The van der Waals surface area contributed by atoms with Crippen LogP contribution in [0.2, 0.25) is 0 Å². The minimum absolute atomic E-state index is 0.217. The minimum atomic E-state index is -0.808. The number of ether oxygens (including phenoxy) is 1. The van der Waals surface area contributed by atoms with Crippen LogP contribution in [-0.4, -0.2) is 35.4 Å². The van der Waals surface area contributed by atoms with Crippen LogP contribution in [0.3, 0.4) is 0 Å². The lowest BCUT2D eigenvalue weighted by molar-refractivity contribution is -0.151. The maximum atomic E-state index is 11.2. The number of rotatable bonds is 5. The van der Waals surface area contributed by atoms with Gasteiger partial charge in [0.25, 0.3) is 0 Å². The third-order valence-corrected chi connectivity index (χ3v) is 4.19. The summed E-state index contributed by atoms with van der Waals surface area (Å²) in [6, 6.07) is 0. The molecular formula is C13H25NO3. The van der Waals surface area contributed by atoms with Crippen LogP contribution in [0.1, 0.15) is 47.5 Å². The van der Waals surface area contributed by atoms with Gasteiger partial charge < -0.3 is 15.2 Å². The normalized spacial score (nSPS) is 26.2. The fourth-order valence-corrected chi connectivity index (χ4v) is 1.89. The highest BCUT2D eigenvalue weighted by Gasteiger charge is 2.43. The Morgan fingerprint density at radius 3 is 2.35 bits per heavy atom. The van der Waals surface area contributed by atoms with E-state index < -0.39 is 16.9 Å². The van der Waals surface area contributed by atoms with Crippen molar-refractivity contribution in [3.8, 4) is 0 Å². The number of carboxylic acid groups (broad SMARTS) is 1. The van der Waals surface area contributed by atoms with Crippen molar-refractivity contribution in [3.05, 3.63) is 0 Å². The second-order valence-electron chi connectivity index (χ2n) is 6.08. The van der Waals surface area contributed by atoms with Crippen LogP contribution in [0, 0.1) is 5.41 Å². The van der Waals surface area contributed by atoms with Crippen LogP contribution in [0.15, 0.2) is 0 Å². The number of aliphatic carboxylic acids is 1. The second-order valence-corrected chi connectivity index (χ2v) is 6.08. The zero-order valence-electron chi connectivity index (χ0n) is 11.5. The summed E-state index contributed by atoms with van der Waals surface area (Å²) in [5, 5.41) is 12.6. The first-order valence-electron chi connectivity index (χ1n) is 6.30.